The Morgan fingerprint density at radius 3 is 2.57 bits per heavy atom. The van der Waals surface area contributed by atoms with Crippen molar-refractivity contribution in [2.45, 2.75) is 51.5 Å². The van der Waals surface area contributed by atoms with Crippen molar-refractivity contribution < 1.29 is 9.90 Å². The van der Waals surface area contributed by atoms with E-state index in [4.69, 9.17) is 5.11 Å². The second-order valence-corrected chi connectivity index (χ2v) is 7.64. The van der Waals surface area contributed by atoms with E-state index in [1.54, 1.807) is 0 Å². The van der Waals surface area contributed by atoms with Gasteiger partial charge in [0.25, 0.3) is 0 Å². The van der Waals surface area contributed by atoms with Gasteiger partial charge in [0, 0.05) is 19.1 Å². The first-order valence-electron chi connectivity index (χ1n) is 9.39. The maximum Gasteiger partial charge on any atom is 0.234 e. The van der Waals surface area contributed by atoms with Gasteiger partial charge in [0.15, 0.2) is 0 Å². The van der Waals surface area contributed by atoms with Gasteiger partial charge in [-0.2, -0.15) is 0 Å². The summed E-state index contributed by atoms with van der Waals surface area (Å²) in [6.45, 7) is 6.97. The number of hydrogen-bond donors (Lipinski definition) is 2. The highest BCUT2D eigenvalue weighted by atomic mass is 16.3. The summed E-state index contributed by atoms with van der Waals surface area (Å²) in [5.41, 5.74) is 0. The highest BCUT2D eigenvalue weighted by molar-refractivity contribution is 5.78. The summed E-state index contributed by atoms with van der Waals surface area (Å²) in [4.78, 5) is 16.8. The third-order valence-corrected chi connectivity index (χ3v) is 5.56. The lowest BCUT2D eigenvalue weighted by Gasteiger charge is -2.34. The SMILES string of the molecule is C[C@@H]1CCCC[C@H]1NC(=O)CN(C)CC1CCN(CCO)CC1. The first-order valence-corrected chi connectivity index (χ1v) is 9.39. The van der Waals surface area contributed by atoms with E-state index in [-0.39, 0.29) is 12.5 Å². The predicted octanol–water partition coefficient (Wildman–Crippen LogP) is 1.32. The number of piperidine rings is 1. The average molecular weight is 325 g/mol. The summed E-state index contributed by atoms with van der Waals surface area (Å²) in [7, 11) is 2.06. The number of amides is 1. The Morgan fingerprint density at radius 1 is 1.22 bits per heavy atom. The fourth-order valence-electron chi connectivity index (χ4n) is 4.07. The highest BCUT2D eigenvalue weighted by Gasteiger charge is 2.24. The lowest BCUT2D eigenvalue weighted by atomic mass is 9.86. The molecule has 1 heterocycles. The Kier molecular flexibility index (Phi) is 7.80. The van der Waals surface area contributed by atoms with Crippen LogP contribution in [0.5, 0.6) is 0 Å². The molecule has 0 aromatic carbocycles. The second-order valence-electron chi connectivity index (χ2n) is 7.64. The van der Waals surface area contributed by atoms with Crippen molar-refractivity contribution in [3.8, 4) is 0 Å². The van der Waals surface area contributed by atoms with E-state index in [2.05, 4.69) is 29.1 Å². The van der Waals surface area contributed by atoms with E-state index in [9.17, 15) is 4.79 Å². The number of carbonyl (C=O) groups excluding carboxylic acids is 1. The quantitative estimate of drug-likeness (QED) is 0.741. The predicted molar refractivity (Wildman–Crippen MR) is 93.3 cm³/mol. The van der Waals surface area contributed by atoms with Gasteiger partial charge in [-0.3, -0.25) is 9.69 Å². The molecule has 23 heavy (non-hydrogen) atoms. The fourth-order valence-corrected chi connectivity index (χ4v) is 4.07. The van der Waals surface area contributed by atoms with Crippen molar-refractivity contribution in [1.29, 1.82) is 0 Å². The highest BCUT2D eigenvalue weighted by Crippen LogP contribution is 2.23. The summed E-state index contributed by atoms with van der Waals surface area (Å²) < 4.78 is 0. The maximum atomic E-state index is 12.3. The van der Waals surface area contributed by atoms with Crippen molar-refractivity contribution in [3.05, 3.63) is 0 Å². The molecule has 0 radical (unpaired) electrons. The van der Waals surface area contributed by atoms with E-state index in [0.717, 1.165) is 32.6 Å². The Labute approximate surface area is 141 Å². The van der Waals surface area contributed by atoms with E-state index >= 15 is 0 Å². The molecule has 1 amide bonds. The number of likely N-dealkylation sites (tertiary alicyclic amines) is 1. The molecule has 5 nitrogen and oxygen atoms in total. The molecule has 2 fully saturated rings. The molecule has 0 aromatic heterocycles. The number of β-amino-alcohol motifs (C(OH)–C–C–N with tert-alkyl or cyclic N) is 1. The molecular formula is C18H35N3O2. The van der Waals surface area contributed by atoms with Crippen molar-refractivity contribution in [3.63, 3.8) is 0 Å². The monoisotopic (exact) mass is 325 g/mol. The number of hydrogen-bond acceptors (Lipinski definition) is 4. The number of aliphatic hydroxyl groups is 1. The van der Waals surface area contributed by atoms with E-state index in [0.29, 0.717) is 24.4 Å². The molecule has 2 aliphatic rings. The van der Waals surface area contributed by atoms with Gasteiger partial charge in [-0.1, -0.05) is 19.8 Å². The molecule has 1 aliphatic heterocycles. The largest absolute Gasteiger partial charge is 0.395 e. The van der Waals surface area contributed by atoms with Crippen molar-refractivity contribution in [2.24, 2.45) is 11.8 Å². The molecule has 1 saturated heterocycles. The Balaban J connectivity index is 1.64. The summed E-state index contributed by atoms with van der Waals surface area (Å²) in [5, 5.41) is 12.2. The van der Waals surface area contributed by atoms with Gasteiger partial charge in [0.1, 0.15) is 0 Å². The minimum atomic E-state index is 0.184. The Bertz CT molecular complexity index is 356. The zero-order chi connectivity index (χ0) is 16.7. The lowest BCUT2D eigenvalue weighted by molar-refractivity contribution is -0.123. The molecule has 0 unspecified atom stereocenters. The third kappa shape index (κ3) is 6.40. The Morgan fingerprint density at radius 2 is 1.91 bits per heavy atom. The molecule has 2 rings (SSSR count). The first-order chi connectivity index (χ1) is 11.1. The number of nitrogens with zero attached hydrogens (tertiary/aromatic N) is 2. The normalized spacial score (nSPS) is 27.3. The molecule has 1 saturated carbocycles. The van der Waals surface area contributed by atoms with Gasteiger partial charge in [0.2, 0.25) is 5.91 Å². The van der Waals surface area contributed by atoms with Gasteiger partial charge in [-0.05, 0) is 57.7 Å². The molecule has 0 spiro atoms. The molecule has 5 heteroatoms. The van der Waals surface area contributed by atoms with Gasteiger partial charge in [-0.25, -0.2) is 0 Å². The first kappa shape index (κ1) is 18.7. The molecule has 0 aromatic rings. The number of aliphatic hydroxyl groups excluding tert-OH is 1. The molecule has 1 aliphatic carbocycles. The van der Waals surface area contributed by atoms with Crippen LogP contribution in [0.25, 0.3) is 0 Å². The van der Waals surface area contributed by atoms with Gasteiger partial charge < -0.3 is 15.3 Å². The molecule has 2 N–H and O–H groups in total. The number of carbonyl (C=O) groups is 1. The van der Waals surface area contributed by atoms with Crippen LogP contribution in [-0.4, -0.2) is 73.2 Å². The second kappa shape index (κ2) is 9.60. The zero-order valence-electron chi connectivity index (χ0n) is 15.0. The minimum absolute atomic E-state index is 0.184. The van der Waals surface area contributed by atoms with E-state index in [1.807, 2.05) is 0 Å². The van der Waals surface area contributed by atoms with Crippen LogP contribution in [0.15, 0.2) is 0 Å². The third-order valence-electron chi connectivity index (χ3n) is 5.56. The number of likely N-dealkylation sites (N-methyl/N-ethyl adjacent to an activating group) is 1. The van der Waals surface area contributed by atoms with Crippen LogP contribution in [0, 0.1) is 11.8 Å². The van der Waals surface area contributed by atoms with Crippen LogP contribution in [-0.2, 0) is 4.79 Å². The van der Waals surface area contributed by atoms with E-state index in [1.165, 1.54) is 32.1 Å². The van der Waals surface area contributed by atoms with Crippen molar-refractivity contribution in [1.82, 2.24) is 15.1 Å². The van der Waals surface area contributed by atoms with Crippen LogP contribution in [0.4, 0.5) is 0 Å². The molecule has 134 valence electrons. The minimum Gasteiger partial charge on any atom is -0.395 e. The summed E-state index contributed by atoms with van der Waals surface area (Å²) in [6.07, 6.45) is 7.28. The number of nitrogens with one attached hydrogen (secondary N) is 1. The summed E-state index contributed by atoms with van der Waals surface area (Å²) in [6, 6.07) is 0.381. The van der Waals surface area contributed by atoms with Crippen LogP contribution in [0.2, 0.25) is 0 Å². The van der Waals surface area contributed by atoms with Crippen molar-refractivity contribution in [2.75, 3.05) is 46.4 Å². The summed E-state index contributed by atoms with van der Waals surface area (Å²) >= 11 is 0. The lowest BCUT2D eigenvalue weighted by Crippen LogP contribution is -2.46. The Hall–Kier alpha value is -0.650. The topological polar surface area (TPSA) is 55.8 Å². The summed E-state index contributed by atoms with van der Waals surface area (Å²) in [5.74, 6) is 1.48. The number of rotatable bonds is 7. The average Bonchev–Trinajstić information content (AvgIpc) is 2.51. The van der Waals surface area contributed by atoms with Crippen LogP contribution < -0.4 is 5.32 Å². The van der Waals surface area contributed by atoms with Crippen LogP contribution in [0.1, 0.15) is 45.4 Å². The van der Waals surface area contributed by atoms with Gasteiger partial charge in [0.05, 0.1) is 13.2 Å². The standard InChI is InChI=1S/C18H35N3O2/c1-15-5-3-4-6-17(15)19-18(23)14-20(2)13-16-7-9-21(10-8-16)11-12-22/h15-17,22H,3-14H2,1-2H3,(H,19,23)/t15-,17-/m1/s1. The maximum absolute atomic E-state index is 12.3. The van der Waals surface area contributed by atoms with Crippen LogP contribution >= 0.6 is 0 Å². The fraction of sp³-hybridized carbons (Fsp3) is 0.944. The zero-order valence-corrected chi connectivity index (χ0v) is 15.0. The van der Waals surface area contributed by atoms with Gasteiger partial charge >= 0.3 is 0 Å². The van der Waals surface area contributed by atoms with Gasteiger partial charge in [-0.15, -0.1) is 0 Å². The molecular weight excluding hydrogens is 290 g/mol. The van der Waals surface area contributed by atoms with E-state index < -0.39 is 0 Å². The smallest absolute Gasteiger partial charge is 0.234 e. The van der Waals surface area contributed by atoms with Crippen LogP contribution in [0.3, 0.4) is 0 Å². The molecule has 0 bridgehead atoms. The molecule has 2 atom stereocenters. The van der Waals surface area contributed by atoms with Crippen molar-refractivity contribution >= 4 is 5.91 Å².